The van der Waals surface area contributed by atoms with Crippen LogP contribution >= 0.6 is 11.6 Å². The van der Waals surface area contributed by atoms with Crippen molar-refractivity contribution in [2.45, 2.75) is 13.8 Å². The first kappa shape index (κ1) is 16.3. The normalized spacial score (nSPS) is 11.8. The lowest BCUT2D eigenvalue weighted by molar-refractivity contribution is 0.286. The highest BCUT2D eigenvalue weighted by molar-refractivity contribution is 7.89. The van der Waals surface area contributed by atoms with E-state index in [0.29, 0.717) is 13.2 Å². The molecule has 0 aliphatic carbocycles. The predicted octanol–water partition coefficient (Wildman–Crippen LogP) is 2.18. The lowest BCUT2D eigenvalue weighted by atomic mass is 10.1. The highest BCUT2D eigenvalue weighted by Gasteiger charge is 2.16. The Hall–Kier alpha value is -0.780. The highest BCUT2D eigenvalue weighted by Crippen LogP contribution is 2.16. The fourth-order valence-electron chi connectivity index (χ4n) is 1.70. The second-order valence-electron chi connectivity index (χ2n) is 4.50. The summed E-state index contributed by atoms with van der Waals surface area (Å²) < 4.78 is 30.2. The molecule has 19 heavy (non-hydrogen) atoms. The molecule has 0 aromatic heterocycles. The van der Waals surface area contributed by atoms with Gasteiger partial charge in [-0.05, 0) is 37.1 Å². The number of alkyl halides is 1. The molecule has 0 spiro atoms. The number of hydrogen-bond acceptors (Lipinski definition) is 3. The van der Waals surface area contributed by atoms with Gasteiger partial charge in [-0.2, -0.15) is 0 Å². The topological polar surface area (TPSA) is 46.6 Å². The molecule has 0 saturated carbocycles. The molecular weight excluding hydrogens is 286 g/mol. The Bertz CT molecular complexity index is 496. The number of benzene rings is 1. The number of nitrogens with zero attached hydrogens (tertiary/aromatic N) is 1. The fourth-order valence-corrected chi connectivity index (χ4v) is 3.15. The molecule has 0 N–H and O–H groups in total. The maximum atomic E-state index is 11.7. The summed E-state index contributed by atoms with van der Waals surface area (Å²) in [4.78, 5) is 0. The van der Waals surface area contributed by atoms with Crippen molar-refractivity contribution in [1.82, 2.24) is 4.31 Å². The third-order valence-corrected chi connectivity index (χ3v) is 4.95. The van der Waals surface area contributed by atoms with Crippen molar-refractivity contribution >= 4 is 21.6 Å². The van der Waals surface area contributed by atoms with Crippen LogP contribution in [0.2, 0.25) is 0 Å². The van der Waals surface area contributed by atoms with E-state index in [9.17, 15) is 8.42 Å². The fraction of sp³-hybridized carbons (Fsp3) is 0.538. The Morgan fingerprint density at radius 3 is 2.32 bits per heavy atom. The molecule has 0 aliphatic rings. The minimum atomic E-state index is -3.26. The number of hydrogen-bond donors (Lipinski definition) is 0. The van der Waals surface area contributed by atoms with Crippen LogP contribution in [0.1, 0.15) is 11.1 Å². The summed E-state index contributed by atoms with van der Waals surface area (Å²) in [6, 6.07) is 5.92. The zero-order chi connectivity index (χ0) is 14.5. The molecule has 0 saturated heterocycles. The van der Waals surface area contributed by atoms with E-state index in [-0.39, 0.29) is 11.6 Å². The first-order valence-electron chi connectivity index (χ1n) is 6.06. The molecule has 0 fully saturated rings. The van der Waals surface area contributed by atoms with Crippen molar-refractivity contribution in [2.75, 3.05) is 31.8 Å². The van der Waals surface area contributed by atoms with Gasteiger partial charge in [0.15, 0.2) is 0 Å². The number of ether oxygens (including phenoxy) is 1. The summed E-state index contributed by atoms with van der Waals surface area (Å²) in [6.45, 7) is 4.63. The van der Waals surface area contributed by atoms with E-state index in [1.807, 2.05) is 26.0 Å². The third-order valence-electron chi connectivity index (χ3n) is 2.68. The average Bonchev–Trinajstić information content (AvgIpc) is 2.27. The van der Waals surface area contributed by atoms with Crippen LogP contribution in [0.15, 0.2) is 18.2 Å². The van der Waals surface area contributed by atoms with E-state index >= 15 is 0 Å². The van der Waals surface area contributed by atoms with Gasteiger partial charge in [-0.3, -0.25) is 0 Å². The standard InChI is InChI=1S/C13H20ClNO3S/c1-11-8-12(2)10-13(9-11)18-6-5-15(3)19(16,17)7-4-14/h8-10H,4-7H2,1-3H3. The van der Waals surface area contributed by atoms with Crippen LogP contribution in [-0.4, -0.2) is 44.6 Å². The molecule has 108 valence electrons. The van der Waals surface area contributed by atoms with Gasteiger partial charge in [0.25, 0.3) is 0 Å². The monoisotopic (exact) mass is 305 g/mol. The van der Waals surface area contributed by atoms with Gasteiger partial charge < -0.3 is 4.74 Å². The second kappa shape index (κ2) is 7.12. The minimum absolute atomic E-state index is 0.0470. The Labute approximate surface area is 120 Å². The van der Waals surface area contributed by atoms with Crippen molar-refractivity contribution < 1.29 is 13.2 Å². The summed E-state index contributed by atoms with van der Waals surface area (Å²) in [5, 5.41) is 0. The highest BCUT2D eigenvalue weighted by atomic mass is 35.5. The Balaban J connectivity index is 2.50. The Morgan fingerprint density at radius 2 is 1.79 bits per heavy atom. The lowest BCUT2D eigenvalue weighted by Gasteiger charge is -2.17. The summed E-state index contributed by atoms with van der Waals surface area (Å²) >= 11 is 5.46. The maximum absolute atomic E-state index is 11.7. The van der Waals surface area contributed by atoms with Crippen LogP contribution < -0.4 is 4.74 Å². The number of halogens is 1. The largest absolute Gasteiger partial charge is 0.492 e. The smallest absolute Gasteiger partial charge is 0.215 e. The molecule has 0 atom stereocenters. The SMILES string of the molecule is Cc1cc(C)cc(OCCN(C)S(=O)(=O)CCCl)c1. The van der Waals surface area contributed by atoms with Crippen LogP contribution in [0.5, 0.6) is 5.75 Å². The molecule has 0 bridgehead atoms. The summed E-state index contributed by atoms with van der Waals surface area (Å²) in [5.74, 6) is 0.819. The van der Waals surface area contributed by atoms with E-state index in [0.717, 1.165) is 16.9 Å². The Morgan fingerprint density at radius 1 is 1.21 bits per heavy atom. The van der Waals surface area contributed by atoms with Gasteiger partial charge in [-0.1, -0.05) is 6.07 Å². The predicted molar refractivity (Wildman–Crippen MR) is 78.5 cm³/mol. The number of sulfonamides is 1. The molecule has 1 aromatic carbocycles. The number of likely N-dealkylation sites (N-methyl/N-ethyl adjacent to an activating group) is 1. The quantitative estimate of drug-likeness (QED) is 0.725. The van der Waals surface area contributed by atoms with Crippen molar-refractivity contribution in [1.29, 1.82) is 0 Å². The van der Waals surface area contributed by atoms with Gasteiger partial charge in [0.1, 0.15) is 12.4 Å². The van der Waals surface area contributed by atoms with E-state index < -0.39 is 10.0 Å². The zero-order valence-electron chi connectivity index (χ0n) is 11.5. The maximum Gasteiger partial charge on any atom is 0.215 e. The van der Waals surface area contributed by atoms with Crippen molar-refractivity contribution in [3.8, 4) is 5.75 Å². The van der Waals surface area contributed by atoms with Crippen LogP contribution in [-0.2, 0) is 10.0 Å². The molecule has 0 radical (unpaired) electrons. The third kappa shape index (κ3) is 5.38. The first-order valence-corrected chi connectivity index (χ1v) is 8.20. The molecule has 0 aliphatic heterocycles. The molecule has 0 amide bonds. The lowest BCUT2D eigenvalue weighted by Crippen LogP contribution is -2.33. The average molecular weight is 306 g/mol. The summed E-state index contributed by atoms with van der Waals surface area (Å²) in [5.41, 5.74) is 2.25. The molecular formula is C13H20ClNO3S. The van der Waals surface area contributed by atoms with Gasteiger partial charge in [-0.25, -0.2) is 12.7 Å². The molecule has 0 heterocycles. The molecule has 1 aromatic rings. The van der Waals surface area contributed by atoms with Crippen molar-refractivity contribution in [3.05, 3.63) is 29.3 Å². The van der Waals surface area contributed by atoms with Gasteiger partial charge in [0, 0.05) is 19.5 Å². The van der Waals surface area contributed by atoms with Crippen molar-refractivity contribution in [2.24, 2.45) is 0 Å². The zero-order valence-corrected chi connectivity index (χ0v) is 13.1. The van der Waals surface area contributed by atoms with Crippen LogP contribution in [0.25, 0.3) is 0 Å². The second-order valence-corrected chi connectivity index (χ2v) is 7.07. The molecule has 0 unspecified atom stereocenters. The van der Waals surface area contributed by atoms with E-state index in [4.69, 9.17) is 16.3 Å². The van der Waals surface area contributed by atoms with Crippen LogP contribution in [0.3, 0.4) is 0 Å². The molecule has 6 heteroatoms. The van der Waals surface area contributed by atoms with Gasteiger partial charge >= 0.3 is 0 Å². The van der Waals surface area contributed by atoms with Crippen LogP contribution in [0, 0.1) is 13.8 Å². The molecule has 4 nitrogen and oxygen atoms in total. The van der Waals surface area contributed by atoms with Gasteiger partial charge in [0.2, 0.25) is 10.0 Å². The van der Waals surface area contributed by atoms with E-state index in [2.05, 4.69) is 6.07 Å². The van der Waals surface area contributed by atoms with E-state index in [1.54, 1.807) is 0 Å². The Kier molecular flexibility index (Phi) is 6.10. The van der Waals surface area contributed by atoms with Gasteiger partial charge in [-0.15, -0.1) is 11.6 Å². The first-order chi connectivity index (χ1) is 8.85. The van der Waals surface area contributed by atoms with E-state index in [1.165, 1.54) is 11.4 Å². The number of aryl methyl sites for hydroxylation is 2. The van der Waals surface area contributed by atoms with Crippen LogP contribution in [0.4, 0.5) is 0 Å². The van der Waals surface area contributed by atoms with Gasteiger partial charge in [0.05, 0.1) is 5.75 Å². The number of rotatable bonds is 7. The van der Waals surface area contributed by atoms with Crippen molar-refractivity contribution in [3.63, 3.8) is 0 Å². The minimum Gasteiger partial charge on any atom is -0.492 e. The molecule has 1 rings (SSSR count). The summed E-state index contributed by atoms with van der Waals surface area (Å²) in [7, 11) is -1.73. The summed E-state index contributed by atoms with van der Waals surface area (Å²) in [6.07, 6.45) is 0.